The Morgan fingerprint density at radius 1 is 1.25 bits per heavy atom. The van der Waals surface area contributed by atoms with Crippen molar-refractivity contribution in [3.8, 4) is 0 Å². The van der Waals surface area contributed by atoms with Crippen LogP contribution in [0.15, 0.2) is 0 Å². The van der Waals surface area contributed by atoms with Crippen LogP contribution in [0.5, 0.6) is 0 Å². The first-order valence-electron chi connectivity index (χ1n) is 8.21. The number of hydrogen-bond donors (Lipinski definition) is 1. The Kier molecular flexibility index (Phi) is 4.95. The van der Waals surface area contributed by atoms with Crippen molar-refractivity contribution in [1.82, 2.24) is 9.80 Å². The molecule has 1 saturated heterocycles. The van der Waals surface area contributed by atoms with E-state index in [0.29, 0.717) is 12.5 Å². The highest BCUT2D eigenvalue weighted by Crippen LogP contribution is 2.36. The second kappa shape index (κ2) is 6.33. The summed E-state index contributed by atoms with van der Waals surface area (Å²) in [6.07, 6.45) is 6.85. The van der Waals surface area contributed by atoms with E-state index in [1.807, 2.05) is 16.8 Å². The summed E-state index contributed by atoms with van der Waals surface area (Å²) in [7, 11) is 1.96. The summed E-state index contributed by atoms with van der Waals surface area (Å²) in [5, 5.41) is 0. The predicted octanol–water partition coefficient (Wildman–Crippen LogP) is 2.68. The Hall–Kier alpha value is -0.770. The summed E-state index contributed by atoms with van der Waals surface area (Å²) in [4.78, 5) is 16.8. The van der Waals surface area contributed by atoms with E-state index in [1.165, 1.54) is 19.3 Å². The van der Waals surface area contributed by atoms with E-state index < -0.39 is 0 Å². The summed E-state index contributed by atoms with van der Waals surface area (Å²) in [6.45, 7) is 6.94. The molecule has 20 heavy (non-hydrogen) atoms. The van der Waals surface area contributed by atoms with Gasteiger partial charge in [-0.1, -0.05) is 13.8 Å². The minimum atomic E-state index is -0.107. The smallest absolute Gasteiger partial charge is 0.320 e. The molecule has 1 heterocycles. The zero-order valence-corrected chi connectivity index (χ0v) is 13.4. The number of nitrogens with two attached hydrogens (primary N) is 1. The highest BCUT2D eigenvalue weighted by molar-refractivity contribution is 5.75. The predicted molar refractivity (Wildman–Crippen MR) is 82.5 cm³/mol. The zero-order chi connectivity index (χ0) is 14.8. The van der Waals surface area contributed by atoms with Gasteiger partial charge in [0.15, 0.2) is 0 Å². The lowest BCUT2D eigenvalue weighted by molar-refractivity contribution is 0.0618. The molecule has 1 unspecified atom stereocenters. The van der Waals surface area contributed by atoms with Crippen molar-refractivity contribution in [2.75, 3.05) is 26.7 Å². The van der Waals surface area contributed by atoms with Gasteiger partial charge in [0, 0.05) is 26.7 Å². The maximum absolute atomic E-state index is 12.8. The Morgan fingerprint density at radius 2 is 1.90 bits per heavy atom. The van der Waals surface area contributed by atoms with Gasteiger partial charge in [-0.2, -0.15) is 0 Å². The molecule has 2 amide bonds. The standard InChI is InChI=1S/C16H31N3O/c1-13-6-8-16(12-17,9-7-13)18(3)15(20)19-10-4-5-14(2)11-19/h13-14H,4-12,17H2,1-3H3. The summed E-state index contributed by atoms with van der Waals surface area (Å²) in [6, 6.07) is 0.191. The van der Waals surface area contributed by atoms with Crippen LogP contribution in [-0.4, -0.2) is 48.1 Å². The summed E-state index contributed by atoms with van der Waals surface area (Å²) in [5.41, 5.74) is 5.96. The van der Waals surface area contributed by atoms with Crippen molar-refractivity contribution >= 4 is 6.03 Å². The number of rotatable bonds is 2. The van der Waals surface area contributed by atoms with Gasteiger partial charge in [-0.3, -0.25) is 0 Å². The van der Waals surface area contributed by atoms with Gasteiger partial charge in [0.25, 0.3) is 0 Å². The molecule has 0 radical (unpaired) electrons. The molecule has 0 bridgehead atoms. The van der Waals surface area contributed by atoms with E-state index in [2.05, 4.69) is 13.8 Å². The second-order valence-corrected chi connectivity index (χ2v) is 7.15. The van der Waals surface area contributed by atoms with Crippen LogP contribution in [0.25, 0.3) is 0 Å². The molecule has 2 N–H and O–H groups in total. The number of amides is 2. The molecule has 1 atom stereocenters. The fraction of sp³-hybridized carbons (Fsp3) is 0.938. The molecule has 1 aliphatic carbocycles. The van der Waals surface area contributed by atoms with Gasteiger partial charge in [-0.05, 0) is 50.4 Å². The fourth-order valence-corrected chi connectivity index (χ4v) is 3.75. The molecule has 4 heteroatoms. The van der Waals surface area contributed by atoms with Crippen LogP contribution in [0.1, 0.15) is 52.4 Å². The van der Waals surface area contributed by atoms with Gasteiger partial charge in [0.2, 0.25) is 0 Å². The number of carbonyl (C=O) groups is 1. The zero-order valence-electron chi connectivity index (χ0n) is 13.4. The Balaban J connectivity index is 2.04. The van der Waals surface area contributed by atoms with Gasteiger partial charge in [0.05, 0.1) is 5.54 Å². The SMILES string of the molecule is CC1CCC(CN)(N(C)C(=O)N2CCCC(C)C2)CC1. The third-order valence-corrected chi connectivity index (χ3v) is 5.51. The minimum Gasteiger partial charge on any atom is -0.328 e. The van der Waals surface area contributed by atoms with E-state index in [-0.39, 0.29) is 11.6 Å². The van der Waals surface area contributed by atoms with Crippen LogP contribution in [0.4, 0.5) is 4.79 Å². The Morgan fingerprint density at radius 3 is 2.45 bits per heavy atom. The molecule has 116 valence electrons. The molecule has 0 aromatic heterocycles. The van der Waals surface area contributed by atoms with E-state index in [1.54, 1.807) is 0 Å². The molecule has 1 aliphatic heterocycles. The molecule has 2 rings (SSSR count). The third-order valence-electron chi connectivity index (χ3n) is 5.51. The van der Waals surface area contributed by atoms with Crippen LogP contribution in [0, 0.1) is 11.8 Å². The molecule has 0 aromatic carbocycles. The Bertz CT molecular complexity index is 337. The van der Waals surface area contributed by atoms with Crippen molar-refractivity contribution in [3.63, 3.8) is 0 Å². The van der Waals surface area contributed by atoms with Gasteiger partial charge in [-0.25, -0.2) is 4.79 Å². The number of carbonyl (C=O) groups excluding carboxylic acids is 1. The van der Waals surface area contributed by atoms with Gasteiger partial charge >= 0.3 is 6.03 Å². The van der Waals surface area contributed by atoms with Crippen molar-refractivity contribution in [2.45, 2.75) is 57.9 Å². The lowest BCUT2D eigenvalue weighted by Crippen LogP contribution is -2.60. The molecule has 2 aliphatic rings. The number of likely N-dealkylation sites (N-methyl/N-ethyl adjacent to an activating group) is 1. The first-order valence-corrected chi connectivity index (χ1v) is 8.21. The summed E-state index contributed by atoms with van der Waals surface area (Å²) >= 11 is 0. The lowest BCUT2D eigenvalue weighted by atomic mass is 9.76. The molecular weight excluding hydrogens is 250 g/mol. The topological polar surface area (TPSA) is 49.6 Å². The van der Waals surface area contributed by atoms with Gasteiger partial charge in [-0.15, -0.1) is 0 Å². The van der Waals surface area contributed by atoms with Crippen molar-refractivity contribution in [1.29, 1.82) is 0 Å². The van der Waals surface area contributed by atoms with Gasteiger partial charge < -0.3 is 15.5 Å². The van der Waals surface area contributed by atoms with Crippen LogP contribution in [0.3, 0.4) is 0 Å². The number of hydrogen-bond acceptors (Lipinski definition) is 2. The monoisotopic (exact) mass is 281 g/mol. The van der Waals surface area contributed by atoms with E-state index in [4.69, 9.17) is 5.73 Å². The van der Waals surface area contributed by atoms with Gasteiger partial charge in [0.1, 0.15) is 0 Å². The number of likely N-dealkylation sites (tertiary alicyclic amines) is 1. The van der Waals surface area contributed by atoms with E-state index in [0.717, 1.165) is 38.3 Å². The van der Waals surface area contributed by atoms with Crippen LogP contribution >= 0.6 is 0 Å². The highest BCUT2D eigenvalue weighted by atomic mass is 16.2. The Labute approximate surface area is 123 Å². The molecular formula is C16H31N3O. The first kappa shape index (κ1) is 15.6. The maximum atomic E-state index is 12.8. The van der Waals surface area contributed by atoms with E-state index >= 15 is 0 Å². The fourth-order valence-electron chi connectivity index (χ4n) is 3.75. The second-order valence-electron chi connectivity index (χ2n) is 7.15. The van der Waals surface area contributed by atoms with Crippen LogP contribution < -0.4 is 5.73 Å². The average Bonchev–Trinajstić information content (AvgIpc) is 2.47. The quantitative estimate of drug-likeness (QED) is 0.846. The lowest BCUT2D eigenvalue weighted by Gasteiger charge is -2.47. The minimum absolute atomic E-state index is 0.107. The normalized spacial score (nSPS) is 34.9. The largest absolute Gasteiger partial charge is 0.328 e. The summed E-state index contributed by atoms with van der Waals surface area (Å²) in [5.74, 6) is 1.40. The molecule has 0 aromatic rings. The van der Waals surface area contributed by atoms with Crippen LogP contribution in [-0.2, 0) is 0 Å². The average molecular weight is 281 g/mol. The first-order chi connectivity index (χ1) is 9.48. The number of urea groups is 1. The van der Waals surface area contributed by atoms with Crippen LogP contribution in [0.2, 0.25) is 0 Å². The van der Waals surface area contributed by atoms with Crippen molar-refractivity contribution in [3.05, 3.63) is 0 Å². The molecule has 2 fully saturated rings. The number of nitrogens with zero attached hydrogens (tertiary/aromatic N) is 2. The maximum Gasteiger partial charge on any atom is 0.320 e. The highest BCUT2D eigenvalue weighted by Gasteiger charge is 2.40. The molecule has 1 saturated carbocycles. The van der Waals surface area contributed by atoms with E-state index in [9.17, 15) is 4.79 Å². The van der Waals surface area contributed by atoms with Crippen molar-refractivity contribution < 1.29 is 4.79 Å². The molecule has 0 spiro atoms. The number of piperidine rings is 1. The molecule has 4 nitrogen and oxygen atoms in total. The summed E-state index contributed by atoms with van der Waals surface area (Å²) < 4.78 is 0. The third kappa shape index (κ3) is 3.11. The van der Waals surface area contributed by atoms with Crippen molar-refractivity contribution in [2.24, 2.45) is 17.6 Å².